The molecule has 1 aromatic rings. The number of esters is 1. The van der Waals surface area contributed by atoms with E-state index in [4.69, 9.17) is 28.4 Å². The summed E-state index contributed by atoms with van der Waals surface area (Å²) in [7, 11) is 4.81. The second-order valence-corrected chi connectivity index (χ2v) is 20.4. The van der Waals surface area contributed by atoms with E-state index in [1.807, 2.05) is 44.2 Å². The topological polar surface area (TPSA) is 221 Å². The lowest BCUT2D eigenvalue weighted by atomic mass is 9.75. The molecule has 0 bridgehead atoms. The van der Waals surface area contributed by atoms with Crippen LogP contribution in [0.2, 0.25) is 0 Å². The van der Waals surface area contributed by atoms with Gasteiger partial charge in [0.25, 0.3) is 0 Å². The van der Waals surface area contributed by atoms with Gasteiger partial charge in [-0.2, -0.15) is 0 Å². The number of nitrogens with zero attached hydrogens (tertiary/aromatic N) is 2. The smallest absolute Gasteiger partial charge is 0.324 e. The lowest BCUT2D eigenvalue weighted by molar-refractivity contribution is -0.336. The third kappa shape index (κ3) is 12.6. The summed E-state index contributed by atoms with van der Waals surface area (Å²) in [6.45, 7) is 20.6. The van der Waals surface area contributed by atoms with Crippen LogP contribution >= 0.6 is 0 Å². The van der Waals surface area contributed by atoms with E-state index in [0.29, 0.717) is 25.2 Å². The second kappa shape index (κ2) is 23.4. The predicted molar refractivity (Wildman–Crippen MR) is 251 cm³/mol. The number of methoxy groups -OCH3 is 1. The van der Waals surface area contributed by atoms with Gasteiger partial charge in [0.05, 0.1) is 42.0 Å². The van der Waals surface area contributed by atoms with Gasteiger partial charge in [0, 0.05) is 51.8 Å². The van der Waals surface area contributed by atoms with E-state index >= 15 is 0 Å². The predicted octanol–water partition coefficient (Wildman–Crippen LogP) is 3.95. The maximum Gasteiger partial charge on any atom is 0.324 e. The van der Waals surface area contributed by atoms with Gasteiger partial charge in [-0.05, 0) is 105 Å². The Bertz CT molecular complexity index is 1680. The lowest BCUT2D eigenvalue weighted by Crippen LogP contribution is -2.70. The molecule has 0 spiro atoms. The van der Waals surface area contributed by atoms with E-state index < -0.39 is 108 Å². The van der Waals surface area contributed by atoms with Crippen LogP contribution in [0.25, 0.3) is 0 Å². The van der Waals surface area contributed by atoms with Gasteiger partial charge < -0.3 is 69.5 Å². The molecule has 380 valence electrons. The van der Waals surface area contributed by atoms with Crippen LogP contribution in [0.5, 0.6) is 0 Å². The Morgan fingerprint density at radius 2 is 1.61 bits per heavy atom. The molecule has 0 saturated carbocycles. The number of hydrogen-bond acceptors (Lipinski definition) is 15. The number of carbonyl (C=O) groups excluding carboxylic acids is 2. The molecule has 2 amide bonds. The van der Waals surface area contributed by atoms with Crippen LogP contribution in [0.1, 0.15) is 115 Å². The molecule has 3 saturated heterocycles. The largest absolute Gasteiger partial charge is 0.459 e. The zero-order chi connectivity index (χ0) is 49.5. The summed E-state index contributed by atoms with van der Waals surface area (Å²) in [6, 6.07) is 7.42. The number of carbonyl (C=O) groups is 2. The van der Waals surface area contributed by atoms with Crippen LogP contribution in [0.3, 0.4) is 0 Å². The number of hydrogen-bond donors (Lipinski definition) is 7. The summed E-state index contributed by atoms with van der Waals surface area (Å²) in [5.41, 5.74) is -5.54. The van der Waals surface area contributed by atoms with Crippen molar-refractivity contribution in [3.8, 4) is 0 Å². The first-order valence-electron chi connectivity index (χ1n) is 24.2. The first-order chi connectivity index (χ1) is 30.8. The van der Waals surface area contributed by atoms with E-state index in [1.165, 1.54) is 23.8 Å². The number of rotatable bonds is 13. The molecule has 66 heavy (non-hydrogen) atoms. The van der Waals surface area contributed by atoms with Crippen LogP contribution in [0.15, 0.2) is 30.3 Å². The van der Waals surface area contributed by atoms with Crippen molar-refractivity contribution in [2.45, 2.75) is 204 Å². The Balaban J connectivity index is 1.79. The third-order valence-corrected chi connectivity index (χ3v) is 14.9. The number of anilines is 1. The molecule has 18 atom stereocenters. The Labute approximate surface area is 394 Å². The van der Waals surface area contributed by atoms with Crippen molar-refractivity contribution in [2.75, 3.05) is 45.7 Å². The number of nitrogens with one attached hydrogen (secondary N) is 2. The van der Waals surface area contributed by atoms with Crippen LogP contribution < -0.4 is 15.5 Å². The van der Waals surface area contributed by atoms with Gasteiger partial charge in [-0.25, -0.2) is 4.79 Å². The van der Waals surface area contributed by atoms with Crippen molar-refractivity contribution in [2.24, 2.45) is 17.8 Å². The van der Waals surface area contributed by atoms with E-state index in [1.54, 1.807) is 62.6 Å². The van der Waals surface area contributed by atoms with Crippen molar-refractivity contribution >= 4 is 17.7 Å². The fourth-order valence-corrected chi connectivity index (χ4v) is 10.3. The van der Waals surface area contributed by atoms with Gasteiger partial charge in [0.1, 0.15) is 35.1 Å². The van der Waals surface area contributed by atoms with Gasteiger partial charge in [0.2, 0.25) is 0 Å². The van der Waals surface area contributed by atoms with Crippen LogP contribution in [0, 0.1) is 17.8 Å². The molecule has 0 aromatic heterocycles. The van der Waals surface area contributed by atoms with Gasteiger partial charge in [-0.3, -0.25) is 9.69 Å². The summed E-state index contributed by atoms with van der Waals surface area (Å²) in [4.78, 5) is 31.4. The normalized spacial score (nSPS) is 42.1. The Kier molecular flexibility index (Phi) is 19.9. The number of benzene rings is 1. The maximum absolute atomic E-state index is 14.5. The molecule has 3 heterocycles. The van der Waals surface area contributed by atoms with Gasteiger partial charge in [-0.1, -0.05) is 52.3 Å². The third-order valence-electron chi connectivity index (χ3n) is 14.9. The highest BCUT2D eigenvalue weighted by Gasteiger charge is 2.58. The van der Waals surface area contributed by atoms with E-state index in [9.17, 15) is 35.1 Å². The van der Waals surface area contributed by atoms with E-state index in [2.05, 4.69) is 17.6 Å². The molecule has 4 rings (SSSR count). The van der Waals surface area contributed by atoms with Crippen molar-refractivity contribution in [1.82, 2.24) is 15.5 Å². The molecular weight excluding hydrogens is 853 g/mol. The molecule has 7 N–H and O–H groups in total. The summed E-state index contributed by atoms with van der Waals surface area (Å²) in [5, 5.41) is 67.0. The molecule has 0 unspecified atom stereocenters. The van der Waals surface area contributed by atoms with Gasteiger partial charge in [0.15, 0.2) is 12.6 Å². The highest BCUT2D eigenvalue weighted by Crippen LogP contribution is 2.43. The van der Waals surface area contributed by atoms with Crippen molar-refractivity contribution < 1.29 is 63.5 Å². The summed E-state index contributed by atoms with van der Waals surface area (Å²) < 4.78 is 38.7. The fraction of sp³-hybridized carbons (Fsp3) is 0.837. The average molecular weight is 939 g/mol. The number of aliphatic hydroxyl groups is 5. The van der Waals surface area contributed by atoms with E-state index in [-0.39, 0.29) is 37.8 Å². The SMILES string of the molecule is CCCCNC[C@]1(O)[C@H](C)O[C@@H](O[C@H]2[C@H](C)[C@@H](O[C@@H]3O[C@H](C)C[C@H](N(C)C(=O)N(C)c4ccccc4)[C@H]3O)[C@](C)(O)C[C@@H](C)CN[C@H](C)[C@@H](O)[C@](C)(O)[C@@H](CC)OC(=O)[C@@H]2C)C[C@@]1(C)OC. The minimum atomic E-state index is -1.86. The van der Waals surface area contributed by atoms with Crippen molar-refractivity contribution in [3.05, 3.63) is 30.3 Å². The fourth-order valence-electron chi connectivity index (χ4n) is 10.3. The molecule has 3 aliphatic rings. The Hall–Kier alpha value is -2.52. The highest BCUT2D eigenvalue weighted by atomic mass is 16.7. The number of likely N-dealkylation sites (N-methyl/N-ethyl adjacent to an activating group) is 1. The lowest BCUT2D eigenvalue weighted by Gasteiger charge is -2.53. The maximum atomic E-state index is 14.5. The number of para-hydroxylation sites is 1. The highest BCUT2D eigenvalue weighted by molar-refractivity contribution is 5.91. The number of amides is 2. The summed E-state index contributed by atoms with van der Waals surface area (Å²) >= 11 is 0. The first kappa shape index (κ1) is 56.1. The quantitative estimate of drug-likeness (QED) is 0.110. The van der Waals surface area contributed by atoms with Gasteiger partial charge >= 0.3 is 12.0 Å². The van der Waals surface area contributed by atoms with Gasteiger partial charge in [-0.15, -0.1) is 0 Å². The molecule has 17 nitrogen and oxygen atoms in total. The monoisotopic (exact) mass is 939 g/mol. The number of unbranched alkanes of at least 4 members (excludes halogenated alkanes) is 1. The summed E-state index contributed by atoms with van der Waals surface area (Å²) in [6.07, 6.45) is -7.31. The van der Waals surface area contributed by atoms with Crippen LogP contribution in [-0.2, 0) is 33.2 Å². The summed E-state index contributed by atoms with van der Waals surface area (Å²) in [5.74, 6) is -2.97. The number of urea groups is 1. The van der Waals surface area contributed by atoms with Crippen LogP contribution in [-0.4, -0.2) is 173 Å². The molecular formula is C49H86N4O13. The molecule has 1 aromatic carbocycles. The molecule has 3 aliphatic heterocycles. The van der Waals surface area contributed by atoms with Crippen molar-refractivity contribution in [1.29, 1.82) is 0 Å². The van der Waals surface area contributed by atoms with E-state index in [0.717, 1.165) is 12.8 Å². The zero-order valence-corrected chi connectivity index (χ0v) is 42.2. The zero-order valence-electron chi connectivity index (χ0n) is 42.2. The first-order valence-corrected chi connectivity index (χ1v) is 24.2. The Morgan fingerprint density at radius 1 is 0.955 bits per heavy atom. The number of ether oxygens (including phenoxy) is 6. The molecule has 0 radical (unpaired) electrons. The Morgan fingerprint density at radius 3 is 2.21 bits per heavy atom. The van der Waals surface area contributed by atoms with Crippen LogP contribution in [0.4, 0.5) is 10.5 Å². The molecule has 0 aliphatic carbocycles. The number of aliphatic hydroxyl groups excluding tert-OH is 2. The minimum absolute atomic E-state index is 0.0488. The standard InChI is InChI=1S/C49H86N4O13/c1-15-17-23-50-28-49(60)34(8)63-38(26-47(49,10)61-14)65-40-31(5)42(66-44-39(54)36(24-30(4)62-44)53(13)45(57)52(12)35-21-19-18-20-22-35)46(9,58)25-29(3)27-51-33(7)41(55)48(11,59)37(16-2)64-43(56)32(40)6/h18-22,29-34,36-42,44,50-51,54-55,58-60H,15-17,23-28H2,1-14H3/t29-,30-,31+,32-,33-,34+,36+,37-,38+,39-,40+,41-,42-,44+,46-,47-,48-,49+/m1/s1. The molecule has 17 heteroatoms. The average Bonchev–Trinajstić information content (AvgIpc) is 3.27. The van der Waals surface area contributed by atoms with Crippen molar-refractivity contribution in [3.63, 3.8) is 0 Å². The second-order valence-electron chi connectivity index (χ2n) is 20.4. The number of cyclic esters (lactones) is 1. The minimum Gasteiger partial charge on any atom is -0.459 e. The molecule has 3 fully saturated rings.